The van der Waals surface area contributed by atoms with Crippen molar-refractivity contribution in [2.45, 2.75) is 90.5 Å². The van der Waals surface area contributed by atoms with E-state index >= 15 is 0 Å². The van der Waals surface area contributed by atoms with Crippen molar-refractivity contribution in [1.29, 1.82) is 0 Å². The quantitative estimate of drug-likeness (QED) is 0.635. The highest BCUT2D eigenvalue weighted by Gasteiger charge is 2.36. The molecule has 0 radical (unpaired) electrons. The summed E-state index contributed by atoms with van der Waals surface area (Å²) in [6.45, 7) is 10.4. The van der Waals surface area contributed by atoms with Crippen molar-refractivity contribution >= 4 is 0 Å². The average Bonchev–Trinajstić information content (AvgIpc) is 2.51. The molecule has 120 valence electrons. The van der Waals surface area contributed by atoms with Gasteiger partial charge in [-0.3, -0.25) is 4.90 Å². The first-order chi connectivity index (χ1) is 9.72. The van der Waals surface area contributed by atoms with E-state index in [1.165, 1.54) is 77.3 Å². The molecule has 0 aromatic carbocycles. The smallest absolute Gasteiger partial charge is 0.0331 e. The third-order valence-electron chi connectivity index (χ3n) is 5.35. The third kappa shape index (κ3) is 5.04. The van der Waals surface area contributed by atoms with Crippen LogP contribution in [0.3, 0.4) is 0 Å². The summed E-state index contributed by atoms with van der Waals surface area (Å²) in [5, 5.41) is 0. The lowest BCUT2D eigenvalue weighted by Gasteiger charge is -2.47. The largest absolute Gasteiger partial charge is 0.329 e. The van der Waals surface area contributed by atoms with Crippen LogP contribution in [0.5, 0.6) is 0 Å². The minimum atomic E-state index is 0.327. The van der Waals surface area contributed by atoms with E-state index in [1.54, 1.807) is 0 Å². The number of nitrogens with zero attached hydrogens (tertiary/aromatic N) is 1. The van der Waals surface area contributed by atoms with Gasteiger partial charge in [-0.1, -0.05) is 59.3 Å². The van der Waals surface area contributed by atoms with Crippen LogP contribution in [0.25, 0.3) is 0 Å². The Bertz CT molecular complexity index is 234. The summed E-state index contributed by atoms with van der Waals surface area (Å²) in [6.07, 6.45) is 13.5. The lowest BCUT2D eigenvalue weighted by molar-refractivity contribution is 0.0401. The maximum absolute atomic E-state index is 6.25. The second-order valence-electron chi connectivity index (χ2n) is 6.85. The summed E-state index contributed by atoms with van der Waals surface area (Å²) in [7, 11) is 0. The van der Waals surface area contributed by atoms with Crippen molar-refractivity contribution in [1.82, 2.24) is 4.90 Å². The summed E-state index contributed by atoms with van der Waals surface area (Å²) in [4.78, 5) is 2.79. The molecule has 0 saturated heterocycles. The van der Waals surface area contributed by atoms with Gasteiger partial charge in [-0.15, -0.1) is 0 Å². The lowest BCUT2D eigenvalue weighted by Crippen LogP contribution is -2.56. The molecular weight excluding hydrogens is 244 g/mol. The molecule has 0 amide bonds. The number of unbranched alkanes of at least 4 members (excludes halogenated alkanes) is 1. The van der Waals surface area contributed by atoms with Crippen LogP contribution < -0.4 is 5.73 Å². The van der Waals surface area contributed by atoms with Gasteiger partial charge in [0, 0.05) is 18.6 Å². The molecule has 20 heavy (non-hydrogen) atoms. The Hall–Kier alpha value is -0.0800. The highest BCUT2D eigenvalue weighted by atomic mass is 15.2. The van der Waals surface area contributed by atoms with E-state index in [0.717, 1.165) is 12.5 Å². The molecule has 1 unspecified atom stereocenters. The Morgan fingerprint density at radius 2 is 1.75 bits per heavy atom. The van der Waals surface area contributed by atoms with Gasteiger partial charge >= 0.3 is 0 Å². The Kier molecular flexibility index (Phi) is 8.79. The van der Waals surface area contributed by atoms with E-state index in [2.05, 4.69) is 25.7 Å². The van der Waals surface area contributed by atoms with Crippen LogP contribution in [-0.2, 0) is 0 Å². The van der Waals surface area contributed by atoms with Crippen molar-refractivity contribution in [3.05, 3.63) is 0 Å². The van der Waals surface area contributed by atoms with E-state index in [4.69, 9.17) is 5.73 Å². The third-order valence-corrected chi connectivity index (χ3v) is 5.35. The Morgan fingerprint density at radius 3 is 2.25 bits per heavy atom. The molecular formula is C18H38N2. The molecule has 0 spiro atoms. The fraction of sp³-hybridized carbons (Fsp3) is 1.00. The topological polar surface area (TPSA) is 29.3 Å². The van der Waals surface area contributed by atoms with Gasteiger partial charge in [-0.05, 0) is 38.1 Å². The van der Waals surface area contributed by atoms with Crippen LogP contribution in [0.15, 0.2) is 0 Å². The molecule has 1 rings (SSSR count). The van der Waals surface area contributed by atoms with Gasteiger partial charge in [0.25, 0.3) is 0 Å². The number of rotatable bonds is 10. The van der Waals surface area contributed by atoms with Gasteiger partial charge in [0.05, 0.1) is 0 Å². The predicted molar refractivity (Wildman–Crippen MR) is 90.0 cm³/mol. The Morgan fingerprint density at radius 1 is 1.05 bits per heavy atom. The zero-order valence-corrected chi connectivity index (χ0v) is 14.3. The molecule has 0 aliphatic heterocycles. The number of hydrogen-bond donors (Lipinski definition) is 1. The van der Waals surface area contributed by atoms with Gasteiger partial charge in [0.15, 0.2) is 0 Å². The molecule has 2 N–H and O–H groups in total. The first-order valence-electron chi connectivity index (χ1n) is 9.17. The van der Waals surface area contributed by atoms with E-state index in [-0.39, 0.29) is 0 Å². The van der Waals surface area contributed by atoms with Crippen molar-refractivity contribution in [2.24, 2.45) is 11.7 Å². The average molecular weight is 283 g/mol. The molecule has 1 atom stereocenters. The maximum atomic E-state index is 6.25. The van der Waals surface area contributed by atoms with Crippen LogP contribution in [0.2, 0.25) is 0 Å². The second kappa shape index (κ2) is 9.78. The molecule has 1 aliphatic carbocycles. The monoisotopic (exact) mass is 282 g/mol. The zero-order valence-electron chi connectivity index (χ0n) is 14.3. The van der Waals surface area contributed by atoms with Crippen LogP contribution >= 0.6 is 0 Å². The molecule has 2 heteroatoms. The SMILES string of the molecule is CCCCC(CC)CN(CCC)C1(CN)CCCCC1. The van der Waals surface area contributed by atoms with Gasteiger partial charge < -0.3 is 5.73 Å². The molecule has 1 fully saturated rings. The first kappa shape index (κ1) is 18.0. The van der Waals surface area contributed by atoms with Crippen molar-refractivity contribution in [2.75, 3.05) is 19.6 Å². The summed E-state index contributed by atoms with van der Waals surface area (Å²) in [6, 6.07) is 0. The molecule has 0 aromatic heterocycles. The Labute approximate surface area is 127 Å². The molecule has 1 saturated carbocycles. The fourth-order valence-electron chi connectivity index (χ4n) is 3.88. The Balaban J connectivity index is 2.69. The standard InChI is InChI=1S/C18H38N2/c1-4-7-11-17(6-3)15-20(14-5-2)18(16-19)12-9-8-10-13-18/h17H,4-16,19H2,1-3H3. The van der Waals surface area contributed by atoms with Crippen LogP contribution in [-0.4, -0.2) is 30.1 Å². The molecule has 0 heterocycles. The molecule has 1 aliphatic rings. The van der Waals surface area contributed by atoms with Crippen LogP contribution in [0, 0.1) is 5.92 Å². The molecule has 2 nitrogen and oxygen atoms in total. The van der Waals surface area contributed by atoms with Crippen molar-refractivity contribution < 1.29 is 0 Å². The second-order valence-corrected chi connectivity index (χ2v) is 6.85. The summed E-state index contributed by atoms with van der Waals surface area (Å²) in [5.74, 6) is 0.867. The van der Waals surface area contributed by atoms with Gasteiger partial charge in [-0.2, -0.15) is 0 Å². The van der Waals surface area contributed by atoms with Gasteiger partial charge in [0.1, 0.15) is 0 Å². The molecule has 0 aromatic rings. The fourth-order valence-corrected chi connectivity index (χ4v) is 3.88. The summed E-state index contributed by atoms with van der Waals surface area (Å²) >= 11 is 0. The predicted octanol–water partition coefficient (Wildman–Crippen LogP) is 4.58. The summed E-state index contributed by atoms with van der Waals surface area (Å²) < 4.78 is 0. The van der Waals surface area contributed by atoms with E-state index in [0.29, 0.717) is 5.54 Å². The minimum Gasteiger partial charge on any atom is -0.329 e. The lowest BCUT2D eigenvalue weighted by atomic mass is 9.79. The van der Waals surface area contributed by atoms with Crippen LogP contribution in [0.4, 0.5) is 0 Å². The highest BCUT2D eigenvalue weighted by molar-refractivity contribution is 4.94. The van der Waals surface area contributed by atoms with Gasteiger partial charge in [0.2, 0.25) is 0 Å². The first-order valence-corrected chi connectivity index (χ1v) is 9.17. The maximum Gasteiger partial charge on any atom is 0.0331 e. The van der Waals surface area contributed by atoms with Crippen molar-refractivity contribution in [3.63, 3.8) is 0 Å². The number of nitrogens with two attached hydrogens (primary N) is 1. The minimum absolute atomic E-state index is 0.327. The van der Waals surface area contributed by atoms with Gasteiger partial charge in [-0.25, -0.2) is 0 Å². The highest BCUT2D eigenvalue weighted by Crippen LogP contribution is 2.34. The summed E-state index contributed by atoms with van der Waals surface area (Å²) in [5.41, 5.74) is 6.57. The number of hydrogen-bond acceptors (Lipinski definition) is 2. The normalized spacial score (nSPS) is 20.2. The van der Waals surface area contributed by atoms with E-state index < -0.39 is 0 Å². The van der Waals surface area contributed by atoms with E-state index in [1.807, 2.05) is 0 Å². The van der Waals surface area contributed by atoms with E-state index in [9.17, 15) is 0 Å². The molecule has 0 bridgehead atoms. The van der Waals surface area contributed by atoms with Crippen molar-refractivity contribution in [3.8, 4) is 0 Å². The zero-order chi connectivity index (χ0) is 14.8. The van der Waals surface area contributed by atoms with Crippen LogP contribution in [0.1, 0.15) is 85.0 Å².